The number of hydrogen-bond donors (Lipinski definition) is 2. The van der Waals surface area contributed by atoms with Crippen LogP contribution in [0.2, 0.25) is 0 Å². The van der Waals surface area contributed by atoms with Crippen LogP contribution >= 0.6 is 0 Å². The Labute approximate surface area is 47.4 Å². The van der Waals surface area contributed by atoms with E-state index in [1.807, 2.05) is 0 Å². The van der Waals surface area contributed by atoms with E-state index in [0.29, 0.717) is 0 Å². The Hall–Kier alpha value is 0.134. The summed E-state index contributed by atoms with van der Waals surface area (Å²) in [7, 11) is 2.75. The molecular weight excluding hydrogens is 149 g/mol. The Morgan fingerprint density at radius 3 is 1.43 bits per heavy atom. The SMILES string of the molecule is O.O.[CH2-]N.[O]=[Ni][OH]. The average Bonchev–Trinajstić information content (AvgIpc) is 1.46. The first-order chi connectivity index (χ1) is 2.41. The van der Waals surface area contributed by atoms with E-state index >= 15 is 0 Å². The van der Waals surface area contributed by atoms with Crippen LogP contribution in [-0.4, -0.2) is 15.2 Å². The molecule has 0 heterocycles. The normalized spacial score (nSPS) is 3.86. The maximum atomic E-state index is 8.42. The van der Waals surface area contributed by atoms with Crippen LogP contribution in [0.5, 0.6) is 0 Å². The van der Waals surface area contributed by atoms with Gasteiger partial charge >= 0.3 is 22.8 Å². The van der Waals surface area contributed by atoms with Crippen LogP contribution in [-0.2, 0) is 18.6 Å². The first kappa shape index (κ1) is 27.3. The molecule has 53 valence electrons. The van der Waals surface area contributed by atoms with Crippen molar-refractivity contribution in [3.63, 3.8) is 0 Å². The average molecular weight is 158 g/mol. The summed E-state index contributed by atoms with van der Waals surface area (Å²) in [5, 5.41) is 0. The van der Waals surface area contributed by atoms with E-state index in [-0.39, 0.29) is 11.0 Å². The summed E-state index contributed by atoms with van der Waals surface area (Å²) in [5.41, 5.74) is 4.25. The molecule has 0 aliphatic heterocycles. The fourth-order valence-corrected chi connectivity index (χ4v) is 0. The summed E-state index contributed by atoms with van der Waals surface area (Å²) in [4.78, 5) is 0. The number of hydrogen-bond acceptors (Lipinski definition) is 2. The molecule has 0 unspecified atom stereocenters. The monoisotopic (exact) mass is 157 g/mol. The molecule has 7 N–H and O–H groups in total. The summed E-state index contributed by atoms with van der Waals surface area (Å²) in [6.45, 7) is 0. The van der Waals surface area contributed by atoms with Gasteiger partial charge in [0.2, 0.25) is 0 Å². The third kappa shape index (κ3) is 5880. The van der Waals surface area contributed by atoms with Crippen molar-refractivity contribution in [3.8, 4) is 0 Å². The van der Waals surface area contributed by atoms with Gasteiger partial charge < -0.3 is 16.7 Å². The van der Waals surface area contributed by atoms with Crippen LogP contribution < -0.4 is 5.73 Å². The molecule has 0 spiro atoms. The second-order valence-corrected chi connectivity index (χ2v) is 0.238. The first-order valence-electron chi connectivity index (χ1n) is 0.679. The second kappa shape index (κ2) is 126. The molecule has 0 rings (SSSR count). The standard InChI is InChI=1S/CH4N.Ni.3H2O.O/c1-2;;;;;/h1-2H2;;3*1H2;/q-1;+1;;;;/p-1. The number of rotatable bonds is 0. The fourth-order valence-electron chi connectivity index (χ4n) is 0. The molecule has 6 heteroatoms. The predicted octanol–water partition coefficient (Wildman–Crippen LogP) is -2.59. The third-order valence-corrected chi connectivity index (χ3v) is 0. The van der Waals surface area contributed by atoms with Gasteiger partial charge in [0.1, 0.15) is 0 Å². The van der Waals surface area contributed by atoms with Crippen molar-refractivity contribution in [2.75, 3.05) is 0 Å². The molecular formula is CH9NNiO4-. The maximum absolute atomic E-state index is 8.42. The molecule has 0 radical (unpaired) electrons. The molecule has 0 aliphatic carbocycles. The van der Waals surface area contributed by atoms with Gasteiger partial charge in [-0.15, -0.1) is 0 Å². The Bertz CT molecular complexity index is 19.2. The molecule has 0 aliphatic rings. The van der Waals surface area contributed by atoms with Crippen molar-refractivity contribution in [3.05, 3.63) is 7.05 Å². The quantitative estimate of drug-likeness (QED) is 0.296. The van der Waals surface area contributed by atoms with Crippen LogP contribution in [0.3, 0.4) is 0 Å². The Balaban J connectivity index is -0.0000000105. The zero-order valence-electron chi connectivity index (χ0n) is 3.46. The Morgan fingerprint density at radius 1 is 1.43 bits per heavy atom. The molecule has 0 aromatic heterocycles. The molecule has 0 aromatic carbocycles. The number of nitrogens with two attached hydrogens (primary N) is 1. The summed E-state index contributed by atoms with van der Waals surface area (Å²) >= 11 is -0.625. The minimum absolute atomic E-state index is 0. The molecule has 0 saturated carbocycles. The van der Waals surface area contributed by atoms with Gasteiger partial charge in [0, 0.05) is 0 Å². The molecule has 0 saturated heterocycles. The van der Waals surface area contributed by atoms with Gasteiger partial charge in [-0.2, -0.15) is 0 Å². The van der Waals surface area contributed by atoms with Crippen LogP contribution in [0, 0.1) is 7.05 Å². The first-order valence-corrected chi connectivity index (χ1v) is 1.52. The predicted molar refractivity (Wildman–Crippen MR) is 19.7 cm³/mol. The van der Waals surface area contributed by atoms with E-state index in [9.17, 15) is 0 Å². The van der Waals surface area contributed by atoms with E-state index in [4.69, 9.17) is 8.15 Å². The van der Waals surface area contributed by atoms with E-state index in [1.165, 1.54) is 0 Å². The van der Waals surface area contributed by atoms with Crippen molar-refractivity contribution < 1.29 is 33.8 Å². The molecule has 0 aromatic rings. The summed E-state index contributed by atoms with van der Waals surface area (Å²) in [6.07, 6.45) is 0. The minimum atomic E-state index is -0.625. The van der Waals surface area contributed by atoms with E-state index in [2.05, 4.69) is 12.8 Å². The van der Waals surface area contributed by atoms with Crippen LogP contribution in [0.1, 0.15) is 0 Å². The van der Waals surface area contributed by atoms with Crippen molar-refractivity contribution in [1.82, 2.24) is 0 Å². The fraction of sp³-hybridized carbons (Fsp3) is 0. The zero-order chi connectivity index (χ0) is 4.71. The van der Waals surface area contributed by atoms with E-state index in [0.717, 1.165) is 0 Å². The van der Waals surface area contributed by atoms with Crippen LogP contribution in [0.4, 0.5) is 0 Å². The molecule has 0 amide bonds. The van der Waals surface area contributed by atoms with Gasteiger partial charge in [0.25, 0.3) is 0 Å². The topological polar surface area (TPSA) is 126 Å². The van der Waals surface area contributed by atoms with Crippen molar-refractivity contribution in [2.45, 2.75) is 0 Å². The van der Waals surface area contributed by atoms with Crippen molar-refractivity contribution >= 4 is 0 Å². The van der Waals surface area contributed by atoms with E-state index < -0.39 is 14.7 Å². The van der Waals surface area contributed by atoms with Crippen LogP contribution in [0.15, 0.2) is 0 Å². The van der Waals surface area contributed by atoms with Gasteiger partial charge in [-0.3, -0.25) is 7.05 Å². The van der Waals surface area contributed by atoms with Gasteiger partial charge in [0.05, 0.1) is 0 Å². The van der Waals surface area contributed by atoms with Gasteiger partial charge in [0.15, 0.2) is 0 Å². The van der Waals surface area contributed by atoms with Crippen molar-refractivity contribution in [2.24, 2.45) is 5.73 Å². The molecule has 7 heavy (non-hydrogen) atoms. The van der Waals surface area contributed by atoms with Crippen LogP contribution in [0.25, 0.3) is 0 Å². The van der Waals surface area contributed by atoms with Gasteiger partial charge in [-0.25, -0.2) is 0 Å². The van der Waals surface area contributed by atoms with Gasteiger partial charge in [-0.1, -0.05) is 0 Å². The summed E-state index contributed by atoms with van der Waals surface area (Å²) in [6, 6.07) is 0. The molecule has 0 atom stereocenters. The summed E-state index contributed by atoms with van der Waals surface area (Å²) < 4.78 is 15.4. The molecule has 5 nitrogen and oxygen atoms in total. The third-order valence-electron chi connectivity index (χ3n) is 0. The molecule has 0 bridgehead atoms. The zero-order valence-corrected chi connectivity index (χ0v) is 4.44. The Morgan fingerprint density at radius 2 is 1.43 bits per heavy atom. The van der Waals surface area contributed by atoms with Gasteiger partial charge in [-0.05, 0) is 0 Å². The summed E-state index contributed by atoms with van der Waals surface area (Å²) in [5.74, 6) is 0. The van der Waals surface area contributed by atoms with E-state index in [1.54, 1.807) is 0 Å². The molecule has 0 fully saturated rings. The second-order valence-electron chi connectivity index (χ2n) is 0.0577. The van der Waals surface area contributed by atoms with Crippen molar-refractivity contribution in [1.29, 1.82) is 0 Å². The Kier molecular flexibility index (Phi) is 491.